The third-order valence-corrected chi connectivity index (χ3v) is 4.72. The van der Waals surface area contributed by atoms with Crippen molar-refractivity contribution in [3.63, 3.8) is 0 Å². The standard InChI is InChI=1S/C18H21NO3/c1-13-5-3-6-15(14(13)2)18(21)8-10-19(11-9-18)17(20)16-7-4-12-22-16/h3-7,12,21H,8-11H2,1-2H3. The Morgan fingerprint density at radius 3 is 2.55 bits per heavy atom. The van der Waals surface area contributed by atoms with Gasteiger partial charge in [0.25, 0.3) is 5.91 Å². The lowest BCUT2D eigenvalue weighted by Gasteiger charge is -2.39. The average molecular weight is 299 g/mol. The number of aryl methyl sites for hydroxylation is 1. The molecule has 1 aliphatic heterocycles. The highest BCUT2D eigenvalue weighted by Crippen LogP contribution is 2.35. The van der Waals surface area contributed by atoms with Crippen LogP contribution in [-0.4, -0.2) is 29.0 Å². The van der Waals surface area contributed by atoms with Crippen molar-refractivity contribution in [3.05, 3.63) is 59.0 Å². The molecule has 0 radical (unpaired) electrons. The molecule has 1 aliphatic rings. The highest BCUT2D eigenvalue weighted by molar-refractivity contribution is 5.91. The first-order valence-corrected chi connectivity index (χ1v) is 7.63. The molecule has 1 saturated heterocycles. The van der Waals surface area contributed by atoms with Crippen LogP contribution in [0.15, 0.2) is 41.0 Å². The zero-order valence-corrected chi connectivity index (χ0v) is 13.0. The minimum absolute atomic E-state index is 0.104. The first-order valence-electron chi connectivity index (χ1n) is 7.63. The molecule has 2 heterocycles. The number of benzene rings is 1. The summed E-state index contributed by atoms with van der Waals surface area (Å²) in [4.78, 5) is 14.0. The zero-order valence-electron chi connectivity index (χ0n) is 13.0. The van der Waals surface area contributed by atoms with E-state index in [1.807, 2.05) is 19.1 Å². The largest absolute Gasteiger partial charge is 0.459 e. The molecule has 2 aromatic rings. The lowest BCUT2D eigenvalue weighted by atomic mass is 9.81. The minimum atomic E-state index is -0.851. The van der Waals surface area contributed by atoms with Crippen molar-refractivity contribution in [2.45, 2.75) is 32.3 Å². The van der Waals surface area contributed by atoms with Gasteiger partial charge in [-0.2, -0.15) is 0 Å². The summed E-state index contributed by atoms with van der Waals surface area (Å²) >= 11 is 0. The fourth-order valence-corrected chi connectivity index (χ4v) is 3.16. The van der Waals surface area contributed by atoms with Crippen molar-refractivity contribution < 1.29 is 14.3 Å². The van der Waals surface area contributed by atoms with E-state index in [1.54, 1.807) is 17.0 Å². The van der Waals surface area contributed by atoms with Crippen molar-refractivity contribution in [2.24, 2.45) is 0 Å². The van der Waals surface area contributed by atoms with E-state index in [0.29, 0.717) is 31.7 Å². The van der Waals surface area contributed by atoms with E-state index in [4.69, 9.17) is 4.42 Å². The number of rotatable bonds is 2. The Balaban J connectivity index is 1.76. The van der Waals surface area contributed by atoms with Gasteiger partial charge in [0, 0.05) is 13.1 Å². The second-order valence-electron chi connectivity index (χ2n) is 6.05. The Kier molecular flexibility index (Phi) is 3.79. The molecular weight excluding hydrogens is 278 g/mol. The molecule has 0 atom stereocenters. The van der Waals surface area contributed by atoms with E-state index in [9.17, 15) is 9.90 Å². The maximum Gasteiger partial charge on any atom is 0.289 e. The number of likely N-dealkylation sites (tertiary alicyclic amines) is 1. The number of hydrogen-bond donors (Lipinski definition) is 1. The molecule has 116 valence electrons. The van der Waals surface area contributed by atoms with Gasteiger partial charge in [0.1, 0.15) is 0 Å². The Morgan fingerprint density at radius 1 is 1.18 bits per heavy atom. The molecule has 22 heavy (non-hydrogen) atoms. The van der Waals surface area contributed by atoms with Crippen LogP contribution in [0.4, 0.5) is 0 Å². The SMILES string of the molecule is Cc1cccc(C2(O)CCN(C(=O)c3ccco3)CC2)c1C. The van der Waals surface area contributed by atoms with Crippen LogP contribution in [-0.2, 0) is 5.60 Å². The van der Waals surface area contributed by atoms with Crippen molar-refractivity contribution in [2.75, 3.05) is 13.1 Å². The average Bonchev–Trinajstić information content (AvgIpc) is 3.04. The van der Waals surface area contributed by atoms with Gasteiger partial charge in [-0.05, 0) is 55.5 Å². The number of aliphatic hydroxyl groups is 1. The molecule has 4 heteroatoms. The van der Waals surface area contributed by atoms with Crippen molar-refractivity contribution >= 4 is 5.91 Å². The summed E-state index contributed by atoms with van der Waals surface area (Å²) in [5.41, 5.74) is 2.45. The quantitative estimate of drug-likeness (QED) is 0.927. The summed E-state index contributed by atoms with van der Waals surface area (Å²) in [6.07, 6.45) is 2.59. The van der Waals surface area contributed by atoms with Crippen molar-refractivity contribution in [1.82, 2.24) is 4.90 Å². The highest BCUT2D eigenvalue weighted by Gasteiger charge is 2.37. The summed E-state index contributed by atoms with van der Waals surface area (Å²) in [5.74, 6) is 0.255. The number of furan rings is 1. The Bertz CT molecular complexity index is 668. The molecule has 3 rings (SSSR count). The van der Waals surface area contributed by atoms with E-state index < -0.39 is 5.60 Å². The molecule has 0 unspecified atom stereocenters. The predicted molar refractivity (Wildman–Crippen MR) is 83.7 cm³/mol. The van der Waals surface area contributed by atoms with Crippen LogP contribution in [0, 0.1) is 13.8 Å². The third kappa shape index (κ3) is 2.55. The van der Waals surface area contributed by atoms with Crippen molar-refractivity contribution in [3.8, 4) is 0 Å². The first kappa shape index (κ1) is 14.9. The van der Waals surface area contributed by atoms with E-state index >= 15 is 0 Å². The molecule has 1 amide bonds. The molecule has 4 nitrogen and oxygen atoms in total. The number of amides is 1. The fourth-order valence-electron chi connectivity index (χ4n) is 3.16. The lowest BCUT2D eigenvalue weighted by molar-refractivity contribution is -0.0222. The Morgan fingerprint density at radius 2 is 1.91 bits per heavy atom. The molecule has 0 aliphatic carbocycles. The molecule has 0 bridgehead atoms. The molecule has 1 fully saturated rings. The van der Waals surface area contributed by atoms with Crippen molar-refractivity contribution in [1.29, 1.82) is 0 Å². The van der Waals surface area contributed by atoms with Crippen LogP contribution in [0.3, 0.4) is 0 Å². The van der Waals surface area contributed by atoms with E-state index in [1.165, 1.54) is 11.8 Å². The summed E-state index contributed by atoms with van der Waals surface area (Å²) in [6, 6.07) is 9.41. The van der Waals surface area contributed by atoms with Gasteiger partial charge < -0.3 is 14.4 Å². The smallest absolute Gasteiger partial charge is 0.289 e. The monoisotopic (exact) mass is 299 g/mol. The predicted octanol–water partition coefficient (Wildman–Crippen LogP) is 3.02. The van der Waals surface area contributed by atoms with Gasteiger partial charge in [-0.15, -0.1) is 0 Å². The third-order valence-electron chi connectivity index (χ3n) is 4.72. The summed E-state index contributed by atoms with van der Waals surface area (Å²) in [7, 11) is 0. The zero-order chi connectivity index (χ0) is 15.7. The number of carbonyl (C=O) groups is 1. The Labute approximate surface area is 130 Å². The topological polar surface area (TPSA) is 53.7 Å². The second-order valence-corrected chi connectivity index (χ2v) is 6.05. The van der Waals surface area contributed by atoms with E-state index in [0.717, 1.165) is 11.1 Å². The highest BCUT2D eigenvalue weighted by atomic mass is 16.3. The fraction of sp³-hybridized carbons (Fsp3) is 0.389. The maximum absolute atomic E-state index is 12.3. The van der Waals surface area contributed by atoms with Crippen LogP contribution in [0.1, 0.15) is 40.1 Å². The van der Waals surface area contributed by atoms with E-state index in [-0.39, 0.29) is 5.91 Å². The van der Waals surface area contributed by atoms with Gasteiger partial charge >= 0.3 is 0 Å². The second kappa shape index (κ2) is 5.61. The van der Waals surface area contributed by atoms with Crippen LogP contribution < -0.4 is 0 Å². The van der Waals surface area contributed by atoms with Gasteiger partial charge in [-0.25, -0.2) is 0 Å². The van der Waals surface area contributed by atoms with Gasteiger partial charge in [-0.1, -0.05) is 18.2 Å². The van der Waals surface area contributed by atoms with Crippen LogP contribution >= 0.6 is 0 Å². The van der Waals surface area contributed by atoms with Gasteiger partial charge in [0.15, 0.2) is 5.76 Å². The maximum atomic E-state index is 12.3. The van der Waals surface area contributed by atoms with Crippen LogP contribution in [0.25, 0.3) is 0 Å². The number of hydrogen-bond acceptors (Lipinski definition) is 3. The lowest BCUT2D eigenvalue weighted by Crippen LogP contribution is -2.45. The molecule has 1 N–H and O–H groups in total. The molecule has 0 spiro atoms. The molecule has 1 aromatic carbocycles. The summed E-state index contributed by atoms with van der Waals surface area (Å²) in [5, 5.41) is 11.0. The molecule has 0 saturated carbocycles. The minimum Gasteiger partial charge on any atom is -0.459 e. The summed E-state index contributed by atoms with van der Waals surface area (Å²) in [6.45, 7) is 5.16. The van der Waals surface area contributed by atoms with Crippen LogP contribution in [0.2, 0.25) is 0 Å². The molecule has 1 aromatic heterocycles. The van der Waals surface area contributed by atoms with Gasteiger partial charge in [-0.3, -0.25) is 4.79 Å². The van der Waals surface area contributed by atoms with Gasteiger partial charge in [0.05, 0.1) is 11.9 Å². The normalized spacial score (nSPS) is 17.5. The van der Waals surface area contributed by atoms with Gasteiger partial charge in [0.2, 0.25) is 0 Å². The molecular formula is C18H21NO3. The number of piperidine rings is 1. The van der Waals surface area contributed by atoms with Crippen LogP contribution in [0.5, 0.6) is 0 Å². The Hall–Kier alpha value is -2.07. The number of nitrogens with zero attached hydrogens (tertiary/aromatic N) is 1. The van der Waals surface area contributed by atoms with E-state index in [2.05, 4.69) is 13.0 Å². The summed E-state index contributed by atoms with van der Waals surface area (Å²) < 4.78 is 5.17. The first-order chi connectivity index (χ1) is 10.5. The number of carbonyl (C=O) groups excluding carboxylic acids is 1.